The molecule has 1 saturated heterocycles. The lowest BCUT2D eigenvalue weighted by atomic mass is 9.86. The molecule has 1 aromatic carbocycles. The molecule has 0 aromatic heterocycles. The molecule has 2 bridgehead atoms. The van der Waals surface area contributed by atoms with E-state index in [0.717, 1.165) is 41.9 Å². The smallest absolute Gasteiger partial charge is 0.220 e. The van der Waals surface area contributed by atoms with Gasteiger partial charge in [-0.05, 0) is 74.6 Å². The molecule has 4 rings (SSSR count). The lowest BCUT2D eigenvalue weighted by molar-refractivity contribution is -0.122. The number of carbonyl (C=O) groups is 1. The zero-order valence-corrected chi connectivity index (χ0v) is 15.7. The van der Waals surface area contributed by atoms with Gasteiger partial charge in [-0.3, -0.25) is 9.69 Å². The van der Waals surface area contributed by atoms with E-state index >= 15 is 0 Å². The summed E-state index contributed by atoms with van der Waals surface area (Å²) in [6, 6.07) is 8.27. The van der Waals surface area contributed by atoms with Gasteiger partial charge in [0.05, 0.1) is 6.04 Å². The minimum atomic E-state index is 0.195. The van der Waals surface area contributed by atoms with Gasteiger partial charge >= 0.3 is 0 Å². The summed E-state index contributed by atoms with van der Waals surface area (Å²) in [4.78, 5) is 15.0. The summed E-state index contributed by atoms with van der Waals surface area (Å²) in [6.45, 7) is 2.86. The quantitative estimate of drug-likeness (QED) is 0.814. The van der Waals surface area contributed by atoms with Gasteiger partial charge in [-0.25, -0.2) is 0 Å². The van der Waals surface area contributed by atoms with Gasteiger partial charge in [0, 0.05) is 18.0 Å². The van der Waals surface area contributed by atoms with Crippen LogP contribution in [0.1, 0.15) is 56.6 Å². The molecule has 3 fully saturated rings. The van der Waals surface area contributed by atoms with Gasteiger partial charge in [-0.1, -0.05) is 36.2 Å². The molecule has 0 radical (unpaired) electrons. The van der Waals surface area contributed by atoms with Crippen LogP contribution in [-0.4, -0.2) is 30.4 Å². The van der Waals surface area contributed by atoms with Crippen molar-refractivity contribution in [2.75, 3.05) is 19.6 Å². The average molecular weight is 361 g/mol. The zero-order chi connectivity index (χ0) is 17.2. The number of fused-ring (bicyclic) bond motifs is 2. The zero-order valence-electron chi connectivity index (χ0n) is 14.9. The highest BCUT2D eigenvalue weighted by atomic mass is 35.5. The summed E-state index contributed by atoms with van der Waals surface area (Å²) < 4.78 is 0. The van der Waals surface area contributed by atoms with Crippen molar-refractivity contribution in [2.45, 2.75) is 51.0 Å². The van der Waals surface area contributed by atoms with Crippen molar-refractivity contribution in [3.05, 3.63) is 34.9 Å². The first-order valence-corrected chi connectivity index (χ1v) is 10.3. The number of carbonyl (C=O) groups excluding carboxylic acids is 1. The molecule has 1 N–H and O–H groups in total. The van der Waals surface area contributed by atoms with Gasteiger partial charge in [0.25, 0.3) is 0 Å². The second kappa shape index (κ2) is 7.67. The fraction of sp³-hybridized carbons (Fsp3) is 0.667. The third-order valence-electron chi connectivity index (χ3n) is 6.67. The van der Waals surface area contributed by atoms with E-state index in [1.54, 1.807) is 0 Å². The average Bonchev–Trinajstić information content (AvgIpc) is 3.34. The number of amides is 1. The number of nitrogens with one attached hydrogen (secondary N) is 1. The summed E-state index contributed by atoms with van der Waals surface area (Å²) >= 11 is 6.45. The van der Waals surface area contributed by atoms with Crippen molar-refractivity contribution in [3.8, 4) is 0 Å². The van der Waals surface area contributed by atoms with Crippen LogP contribution in [0.4, 0.5) is 0 Å². The molecule has 4 atom stereocenters. The second-order valence-corrected chi connectivity index (χ2v) is 8.63. The summed E-state index contributed by atoms with van der Waals surface area (Å²) in [5.41, 5.74) is 1.14. The normalized spacial score (nSPS) is 29.9. The molecule has 136 valence electrons. The second-order valence-electron chi connectivity index (χ2n) is 8.22. The van der Waals surface area contributed by atoms with E-state index in [1.165, 1.54) is 38.5 Å². The van der Waals surface area contributed by atoms with E-state index in [0.29, 0.717) is 12.5 Å². The Balaban J connectivity index is 1.37. The standard InChI is InChI=1S/C21H29ClN2O/c22-19-6-2-1-5-18(19)20(24-9-3-4-10-24)14-23-21(25)13-17-12-15-7-8-16(17)11-15/h1-2,5-6,15-17,20H,3-4,7-14H2,(H,23,25)/t15-,16-,17+,20-/m0/s1. The molecule has 1 aliphatic heterocycles. The summed E-state index contributed by atoms with van der Waals surface area (Å²) in [6.07, 6.45) is 8.58. The molecule has 2 saturated carbocycles. The predicted octanol–water partition coefficient (Wildman–Crippen LogP) is 4.42. The molecular formula is C21H29ClN2O. The maximum Gasteiger partial charge on any atom is 0.220 e. The van der Waals surface area contributed by atoms with Gasteiger partial charge in [-0.15, -0.1) is 0 Å². The highest BCUT2D eigenvalue weighted by molar-refractivity contribution is 6.31. The predicted molar refractivity (Wildman–Crippen MR) is 102 cm³/mol. The maximum absolute atomic E-state index is 12.5. The third kappa shape index (κ3) is 3.88. The Morgan fingerprint density at radius 3 is 2.68 bits per heavy atom. The molecule has 25 heavy (non-hydrogen) atoms. The van der Waals surface area contributed by atoms with Crippen LogP contribution in [-0.2, 0) is 4.79 Å². The summed E-state index contributed by atoms with van der Waals surface area (Å²) in [5.74, 6) is 2.58. The van der Waals surface area contributed by atoms with E-state index in [2.05, 4.69) is 16.3 Å². The topological polar surface area (TPSA) is 32.3 Å². The highest BCUT2D eigenvalue weighted by Crippen LogP contribution is 2.49. The number of hydrogen-bond acceptors (Lipinski definition) is 2. The number of likely N-dealkylation sites (tertiary alicyclic amines) is 1. The van der Waals surface area contributed by atoms with Crippen LogP contribution in [0.5, 0.6) is 0 Å². The SMILES string of the molecule is O=C(C[C@H]1C[C@H]2CC[C@H]1C2)NC[C@@H](c1ccccc1Cl)N1CCCC1. The molecule has 3 nitrogen and oxygen atoms in total. The van der Waals surface area contributed by atoms with Crippen molar-refractivity contribution in [3.63, 3.8) is 0 Å². The monoisotopic (exact) mass is 360 g/mol. The number of rotatable bonds is 6. The van der Waals surface area contributed by atoms with E-state index in [-0.39, 0.29) is 11.9 Å². The van der Waals surface area contributed by atoms with Crippen LogP contribution in [0, 0.1) is 17.8 Å². The van der Waals surface area contributed by atoms with Crippen molar-refractivity contribution in [1.82, 2.24) is 10.2 Å². The molecule has 4 heteroatoms. The molecule has 1 amide bonds. The molecule has 2 aliphatic carbocycles. The van der Waals surface area contributed by atoms with Crippen LogP contribution < -0.4 is 5.32 Å². The minimum absolute atomic E-state index is 0.195. The number of halogens is 1. The first-order chi connectivity index (χ1) is 12.2. The third-order valence-corrected chi connectivity index (χ3v) is 7.01. The Kier molecular flexibility index (Phi) is 5.33. The molecular weight excluding hydrogens is 332 g/mol. The van der Waals surface area contributed by atoms with Gasteiger partial charge in [0.1, 0.15) is 0 Å². The van der Waals surface area contributed by atoms with E-state index in [9.17, 15) is 4.79 Å². The Hall–Kier alpha value is -1.06. The highest BCUT2D eigenvalue weighted by Gasteiger charge is 2.40. The largest absolute Gasteiger partial charge is 0.354 e. The van der Waals surface area contributed by atoms with Gasteiger partial charge in [0.15, 0.2) is 0 Å². The Morgan fingerprint density at radius 1 is 1.20 bits per heavy atom. The van der Waals surface area contributed by atoms with Crippen LogP contribution in [0.3, 0.4) is 0 Å². The fourth-order valence-electron chi connectivity index (χ4n) is 5.38. The number of nitrogens with zero attached hydrogens (tertiary/aromatic N) is 1. The lowest BCUT2D eigenvalue weighted by Crippen LogP contribution is -2.37. The number of hydrogen-bond donors (Lipinski definition) is 1. The summed E-state index contributed by atoms with van der Waals surface area (Å²) in [7, 11) is 0. The molecule has 1 heterocycles. The Labute approximate surface area is 156 Å². The summed E-state index contributed by atoms with van der Waals surface area (Å²) in [5, 5.41) is 4.04. The maximum atomic E-state index is 12.5. The minimum Gasteiger partial charge on any atom is -0.354 e. The first kappa shape index (κ1) is 17.4. The van der Waals surface area contributed by atoms with E-state index in [4.69, 9.17) is 11.6 Å². The Bertz CT molecular complexity index is 614. The van der Waals surface area contributed by atoms with Crippen molar-refractivity contribution < 1.29 is 4.79 Å². The molecule has 0 spiro atoms. The van der Waals surface area contributed by atoms with Crippen molar-refractivity contribution >= 4 is 17.5 Å². The molecule has 0 unspecified atom stereocenters. The van der Waals surface area contributed by atoms with Gasteiger partial charge in [0.2, 0.25) is 5.91 Å². The first-order valence-electron chi connectivity index (χ1n) is 9.96. The molecule has 3 aliphatic rings. The van der Waals surface area contributed by atoms with Crippen LogP contribution in [0.25, 0.3) is 0 Å². The van der Waals surface area contributed by atoms with Crippen LogP contribution >= 0.6 is 11.6 Å². The van der Waals surface area contributed by atoms with Gasteiger partial charge in [-0.2, -0.15) is 0 Å². The van der Waals surface area contributed by atoms with Crippen molar-refractivity contribution in [1.29, 1.82) is 0 Å². The van der Waals surface area contributed by atoms with E-state index in [1.807, 2.05) is 18.2 Å². The van der Waals surface area contributed by atoms with Crippen LogP contribution in [0.2, 0.25) is 5.02 Å². The fourth-order valence-corrected chi connectivity index (χ4v) is 5.64. The Morgan fingerprint density at radius 2 is 2.00 bits per heavy atom. The lowest BCUT2D eigenvalue weighted by Gasteiger charge is -2.29. The number of benzene rings is 1. The van der Waals surface area contributed by atoms with Crippen molar-refractivity contribution in [2.24, 2.45) is 17.8 Å². The molecule has 1 aromatic rings. The van der Waals surface area contributed by atoms with E-state index < -0.39 is 0 Å². The van der Waals surface area contributed by atoms with Gasteiger partial charge < -0.3 is 5.32 Å². The van der Waals surface area contributed by atoms with Crippen LogP contribution in [0.15, 0.2) is 24.3 Å².